The summed E-state index contributed by atoms with van der Waals surface area (Å²) in [5.74, 6) is 0. The summed E-state index contributed by atoms with van der Waals surface area (Å²) in [5, 5.41) is 6.05. The zero-order valence-corrected chi connectivity index (χ0v) is 14.7. The zero-order valence-electron chi connectivity index (χ0n) is 14.0. The summed E-state index contributed by atoms with van der Waals surface area (Å²) in [6.07, 6.45) is 7.07. The van der Waals surface area contributed by atoms with Crippen molar-refractivity contribution in [3.8, 4) is 0 Å². The molecule has 0 unspecified atom stereocenters. The quantitative estimate of drug-likeness (QED) is 0.617. The fraction of sp³-hybridized carbons (Fsp3) is 0.529. The van der Waals surface area contributed by atoms with Gasteiger partial charge in [0.15, 0.2) is 0 Å². The van der Waals surface area contributed by atoms with Gasteiger partial charge in [0.1, 0.15) is 0 Å². The standard InChI is InChI=1S/C17H25ClN4O2/c1-2-17(10-4-3-5-11-17)12-19-15(23)21-22-16(24)20-14-8-6-13(18)7-9-14/h6-9H,2-5,10-12H2,1H3,(H2,19,21,23)(H2,20,22,24). The molecule has 6 nitrogen and oxygen atoms in total. The Kier molecular flexibility index (Phi) is 6.73. The first-order chi connectivity index (χ1) is 11.5. The van der Waals surface area contributed by atoms with Gasteiger partial charge in [-0.2, -0.15) is 0 Å². The number of benzene rings is 1. The average molecular weight is 353 g/mol. The molecule has 1 aromatic carbocycles. The van der Waals surface area contributed by atoms with Crippen LogP contribution in [-0.2, 0) is 0 Å². The van der Waals surface area contributed by atoms with E-state index < -0.39 is 12.1 Å². The van der Waals surface area contributed by atoms with Crippen LogP contribution in [0.4, 0.5) is 15.3 Å². The minimum Gasteiger partial charge on any atom is -0.336 e. The van der Waals surface area contributed by atoms with Gasteiger partial charge in [0.05, 0.1) is 0 Å². The van der Waals surface area contributed by atoms with Crippen LogP contribution >= 0.6 is 11.6 Å². The first-order valence-corrected chi connectivity index (χ1v) is 8.77. The minimum atomic E-state index is -0.518. The lowest BCUT2D eigenvalue weighted by Gasteiger charge is -2.36. The van der Waals surface area contributed by atoms with E-state index in [1.54, 1.807) is 24.3 Å². The topological polar surface area (TPSA) is 82.3 Å². The van der Waals surface area contributed by atoms with Crippen molar-refractivity contribution in [2.24, 2.45) is 5.41 Å². The lowest BCUT2D eigenvalue weighted by molar-refractivity contribution is 0.172. The Hall–Kier alpha value is -1.95. The van der Waals surface area contributed by atoms with Gasteiger partial charge in [0.2, 0.25) is 0 Å². The van der Waals surface area contributed by atoms with Gasteiger partial charge in [0.25, 0.3) is 0 Å². The Balaban J connectivity index is 1.70. The number of amides is 4. The number of urea groups is 2. The number of hydrogen-bond donors (Lipinski definition) is 4. The molecule has 1 aliphatic carbocycles. The van der Waals surface area contributed by atoms with Gasteiger partial charge >= 0.3 is 12.1 Å². The normalized spacial score (nSPS) is 16.1. The number of carbonyl (C=O) groups excluding carboxylic acids is 2. The molecule has 1 aromatic rings. The maximum Gasteiger partial charge on any atom is 0.337 e. The highest BCUT2D eigenvalue weighted by Crippen LogP contribution is 2.38. The number of anilines is 1. The molecule has 0 heterocycles. The molecule has 0 aromatic heterocycles. The molecule has 1 aliphatic rings. The molecule has 0 saturated heterocycles. The first-order valence-electron chi connectivity index (χ1n) is 8.39. The van der Waals surface area contributed by atoms with Crippen LogP contribution in [0.5, 0.6) is 0 Å². The van der Waals surface area contributed by atoms with E-state index in [0.29, 0.717) is 17.3 Å². The van der Waals surface area contributed by atoms with Crippen LogP contribution in [0.2, 0.25) is 5.02 Å². The molecule has 7 heteroatoms. The van der Waals surface area contributed by atoms with Crippen LogP contribution in [-0.4, -0.2) is 18.6 Å². The predicted molar refractivity (Wildman–Crippen MR) is 95.9 cm³/mol. The summed E-state index contributed by atoms with van der Waals surface area (Å²) in [5.41, 5.74) is 5.46. The second kappa shape index (κ2) is 8.78. The van der Waals surface area contributed by atoms with E-state index in [1.807, 2.05) is 0 Å². The number of hydrazine groups is 1. The van der Waals surface area contributed by atoms with Gasteiger partial charge in [-0.3, -0.25) is 0 Å². The van der Waals surface area contributed by atoms with E-state index in [-0.39, 0.29) is 5.41 Å². The summed E-state index contributed by atoms with van der Waals surface area (Å²) in [4.78, 5) is 23.6. The van der Waals surface area contributed by atoms with E-state index in [1.165, 1.54) is 19.3 Å². The Morgan fingerprint density at radius 3 is 2.29 bits per heavy atom. The van der Waals surface area contributed by atoms with Crippen LogP contribution in [0.15, 0.2) is 24.3 Å². The SMILES string of the molecule is CCC1(CNC(=O)NNC(=O)Nc2ccc(Cl)cc2)CCCCC1. The highest BCUT2D eigenvalue weighted by atomic mass is 35.5. The predicted octanol–water partition coefficient (Wildman–Crippen LogP) is 4.04. The fourth-order valence-corrected chi connectivity index (χ4v) is 3.20. The Morgan fingerprint density at radius 2 is 1.67 bits per heavy atom. The molecule has 1 saturated carbocycles. The summed E-state index contributed by atoms with van der Waals surface area (Å²) in [6, 6.07) is 5.78. The summed E-state index contributed by atoms with van der Waals surface area (Å²) in [6.45, 7) is 2.80. The monoisotopic (exact) mass is 352 g/mol. The molecule has 4 N–H and O–H groups in total. The van der Waals surface area contributed by atoms with Crippen LogP contribution in [0.1, 0.15) is 45.4 Å². The van der Waals surface area contributed by atoms with E-state index in [2.05, 4.69) is 28.4 Å². The number of rotatable bonds is 4. The molecule has 0 radical (unpaired) electrons. The van der Waals surface area contributed by atoms with Crippen molar-refractivity contribution < 1.29 is 9.59 Å². The maximum atomic E-state index is 11.9. The van der Waals surface area contributed by atoms with Crippen LogP contribution < -0.4 is 21.5 Å². The summed E-state index contributed by atoms with van der Waals surface area (Å²) in [7, 11) is 0. The third-order valence-electron chi connectivity index (χ3n) is 4.68. The van der Waals surface area contributed by atoms with Gasteiger partial charge in [-0.1, -0.05) is 37.8 Å². The number of halogens is 1. The van der Waals surface area contributed by atoms with E-state index in [9.17, 15) is 9.59 Å². The molecule has 4 amide bonds. The first kappa shape index (κ1) is 18.4. The molecule has 0 bridgehead atoms. The van der Waals surface area contributed by atoms with E-state index in [4.69, 9.17) is 11.6 Å². The molecule has 1 fully saturated rings. The van der Waals surface area contributed by atoms with Crippen molar-refractivity contribution in [3.05, 3.63) is 29.3 Å². The average Bonchev–Trinajstić information content (AvgIpc) is 2.61. The van der Waals surface area contributed by atoms with Crippen molar-refractivity contribution in [3.63, 3.8) is 0 Å². The Morgan fingerprint density at radius 1 is 1.04 bits per heavy atom. The molecular weight excluding hydrogens is 328 g/mol. The summed E-state index contributed by atoms with van der Waals surface area (Å²) >= 11 is 5.78. The van der Waals surface area contributed by atoms with Gasteiger partial charge in [-0.15, -0.1) is 0 Å². The lowest BCUT2D eigenvalue weighted by atomic mass is 9.72. The maximum absolute atomic E-state index is 11.9. The van der Waals surface area contributed by atoms with Crippen molar-refractivity contribution >= 4 is 29.4 Å². The number of hydrogen-bond acceptors (Lipinski definition) is 2. The minimum absolute atomic E-state index is 0.196. The van der Waals surface area contributed by atoms with Crippen molar-refractivity contribution in [2.45, 2.75) is 45.4 Å². The van der Waals surface area contributed by atoms with Crippen molar-refractivity contribution in [1.82, 2.24) is 16.2 Å². The molecule has 0 aliphatic heterocycles. The smallest absolute Gasteiger partial charge is 0.336 e. The largest absolute Gasteiger partial charge is 0.337 e. The van der Waals surface area contributed by atoms with E-state index in [0.717, 1.165) is 19.3 Å². The van der Waals surface area contributed by atoms with Gasteiger partial charge < -0.3 is 10.6 Å². The second-order valence-corrected chi connectivity index (χ2v) is 6.74. The molecule has 132 valence electrons. The number of carbonyl (C=O) groups is 2. The van der Waals surface area contributed by atoms with Gasteiger partial charge in [-0.25, -0.2) is 20.4 Å². The zero-order chi connectivity index (χ0) is 17.4. The van der Waals surface area contributed by atoms with Gasteiger partial charge in [0, 0.05) is 17.3 Å². The summed E-state index contributed by atoms with van der Waals surface area (Å²) < 4.78 is 0. The van der Waals surface area contributed by atoms with Crippen LogP contribution in [0.25, 0.3) is 0 Å². The fourth-order valence-electron chi connectivity index (χ4n) is 3.08. The molecular formula is C17H25ClN4O2. The number of nitrogens with one attached hydrogen (secondary N) is 4. The van der Waals surface area contributed by atoms with Gasteiger partial charge in [-0.05, 0) is 48.9 Å². The Bertz CT molecular complexity index is 556. The van der Waals surface area contributed by atoms with E-state index >= 15 is 0 Å². The lowest BCUT2D eigenvalue weighted by Crippen LogP contribution is -2.50. The third kappa shape index (κ3) is 5.60. The van der Waals surface area contributed by atoms with Crippen molar-refractivity contribution in [1.29, 1.82) is 0 Å². The second-order valence-electron chi connectivity index (χ2n) is 6.31. The highest BCUT2D eigenvalue weighted by molar-refractivity contribution is 6.30. The van der Waals surface area contributed by atoms with Crippen LogP contribution in [0, 0.1) is 5.41 Å². The molecule has 0 spiro atoms. The molecule has 0 atom stereocenters. The highest BCUT2D eigenvalue weighted by Gasteiger charge is 2.30. The molecule has 2 rings (SSSR count). The van der Waals surface area contributed by atoms with Crippen molar-refractivity contribution in [2.75, 3.05) is 11.9 Å². The van der Waals surface area contributed by atoms with Crippen LogP contribution in [0.3, 0.4) is 0 Å². The third-order valence-corrected chi connectivity index (χ3v) is 4.93. The molecule has 24 heavy (non-hydrogen) atoms. The Labute approximate surface area is 147 Å².